The number of aromatic nitrogens is 2. The summed E-state index contributed by atoms with van der Waals surface area (Å²) in [5.74, 6) is -0.912. The highest BCUT2D eigenvalue weighted by molar-refractivity contribution is 7.17. The normalized spacial score (nSPS) is 10.0. The Morgan fingerprint density at radius 2 is 2.21 bits per heavy atom. The lowest BCUT2D eigenvalue weighted by Gasteiger charge is -1.91. The van der Waals surface area contributed by atoms with Crippen LogP contribution in [0, 0.1) is 0 Å². The van der Waals surface area contributed by atoms with Crippen molar-refractivity contribution in [3.05, 3.63) is 35.3 Å². The zero-order chi connectivity index (χ0) is 9.97. The van der Waals surface area contributed by atoms with Crippen LogP contribution in [-0.2, 0) is 0 Å². The minimum Gasteiger partial charge on any atom is -0.477 e. The van der Waals surface area contributed by atoms with Gasteiger partial charge < -0.3 is 5.11 Å². The van der Waals surface area contributed by atoms with E-state index in [-0.39, 0.29) is 0 Å². The second-order valence-electron chi connectivity index (χ2n) is 2.58. The molecule has 0 spiro atoms. The predicted molar refractivity (Wildman–Crippen MR) is 52.3 cm³/mol. The molecule has 0 aliphatic carbocycles. The first-order valence-corrected chi connectivity index (χ1v) is 4.70. The molecular formula is C9H6N2O2S. The fraction of sp³-hybridized carbons (Fsp3) is 0. The van der Waals surface area contributed by atoms with Crippen molar-refractivity contribution in [1.82, 2.24) is 10.2 Å². The van der Waals surface area contributed by atoms with Gasteiger partial charge in [-0.2, -0.15) is 5.10 Å². The van der Waals surface area contributed by atoms with Crippen molar-refractivity contribution in [2.24, 2.45) is 0 Å². The second kappa shape index (κ2) is 3.55. The summed E-state index contributed by atoms with van der Waals surface area (Å²) in [6.45, 7) is 0. The average molecular weight is 206 g/mol. The zero-order valence-corrected chi connectivity index (χ0v) is 7.86. The summed E-state index contributed by atoms with van der Waals surface area (Å²) >= 11 is 1.19. The summed E-state index contributed by atoms with van der Waals surface area (Å²) in [5.41, 5.74) is 0.699. The second-order valence-corrected chi connectivity index (χ2v) is 3.66. The van der Waals surface area contributed by atoms with Crippen molar-refractivity contribution in [1.29, 1.82) is 0 Å². The van der Waals surface area contributed by atoms with E-state index >= 15 is 0 Å². The smallest absolute Gasteiger partial charge is 0.345 e. The van der Waals surface area contributed by atoms with Crippen molar-refractivity contribution in [2.75, 3.05) is 0 Å². The van der Waals surface area contributed by atoms with E-state index in [2.05, 4.69) is 10.2 Å². The van der Waals surface area contributed by atoms with E-state index in [9.17, 15) is 4.79 Å². The predicted octanol–water partition coefficient (Wildman–Crippen LogP) is 1.90. The van der Waals surface area contributed by atoms with Crippen LogP contribution >= 0.6 is 11.3 Å². The number of aromatic carboxylic acids is 1. The molecule has 0 radical (unpaired) electrons. The Kier molecular flexibility index (Phi) is 2.24. The van der Waals surface area contributed by atoms with E-state index < -0.39 is 5.97 Å². The molecule has 2 aromatic rings. The first kappa shape index (κ1) is 8.83. The molecule has 0 aliphatic heterocycles. The molecule has 0 saturated carbocycles. The molecule has 0 aromatic carbocycles. The lowest BCUT2D eigenvalue weighted by atomic mass is 10.3. The molecule has 2 rings (SSSR count). The summed E-state index contributed by atoms with van der Waals surface area (Å²) in [7, 11) is 0. The lowest BCUT2D eigenvalue weighted by molar-refractivity contribution is 0.0702. The van der Waals surface area contributed by atoms with Crippen LogP contribution in [0.1, 0.15) is 9.67 Å². The topological polar surface area (TPSA) is 63.1 Å². The summed E-state index contributed by atoms with van der Waals surface area (Å²) in [4.78, 5) is 11.7. The van der Waals surface area contributed by atoms with Crippen molar-refractivity contribution in [2.45, 2.75) is 0 Å². The third-order valence-electron chi connectivity index (χ3n) is 1.64. The summed E-state index contributed by atoms with van der Waals surface area (Å²) in [6.07, 6.45) is 1.58. The maximum Gasteiger partial charge on any atom is 0.345 e. The Balaban J connectivity index is 2.39. The van der Waals surface area contributed by atoms with E-state index in [1.165, 1.54) is 11.3 Å². The minimum atomic E-state index is -0.912. The molecule has 2 aromatic heterocycles. The van der Waals surface area contributed by atoms with Gasteiger partial charge in [0, 0.05) is 6.20 Å². The van der Waals surface area contributed by atoms with E-state index in [1.54, 1.807) is 30.5 Å². The Morgan fingerprint density at radius 3 is 2.79 bits per heavy atom. The Hall–Kier alpha value is -1.75. The van der Waals surface area contributed by atoms with Crippen molar-refractivity contribution in [3.63, 3.8) is 0 Å². The maximum atomic E-state index is 10.6. The maximum absolute atomic E-state index is 10.6. The quantitative estimate of drug-likeness (QED) is 0.815. The number of carbonyl (C=O) groups is 1. The molecule has 0 amide bonds. The third-order valence-corrected chi connectivity index (χ3v) is 2.74. The number of thiophene rings is 1. The molecule has 70 valence electrons. The Labute approximate surface area is 83.9 Å². The monoisotopic (exact) mass is 206 g/mol. The molecule has 4 nitrogen and oxygen atoms in total. The van der Waals surface area contributed by atoms with Crippen LogP contribution in [-0.4, -0.2) is 21.3 Å². The van der Waals surface area contributed by atoms with E-state index in [0.29, 0.717) is 10.6 Å². The molecule has 0 bridgehead atoms. The number of nitrogens with zero attached hydrogens (tertiary/aromatic N) is 2. The fourth-order valence-electron chi connectivity index (χ4n) is 1.02. The number of hydrogen-bond acceptors (Lipinski definition) is 4. The van der Waals surface area contributed by atoms with Crippen LogP contribution in [0.3, 0.4) is 0 Å². The van der Waals surface area contributed by atoms with Gasteiger partial charge in [-0.3, -0.25) is 0 Å². The Bertz CT molecular complexity index is 453. The third kappa shape index (κ3) is 1.62. The van der Waals surface area contributed by atoms with Crippen LogP contribution in [0.4, 0.5) is 0 Å². The first-order chi connectivity index (χ1) is 6.77. The molecule has 5 heteroatoms. The number of hydrogen-bond donors (Lipinski definition) is 1. The molecule has 0 atom stereocenters. The van der Waals surface area contributed by atoms with Gasteiger partial charge in [0.05, 0.1) is 4.88 Å². The molecule has 0 saturated heterocycles. The molecular weight excluding hydrogens is 200 g/mol. The largest absolute Gasteiger partial charge is 0.477 e. The van der Waals surface area contributed by atoms with Gasteiger partial charge in [0.25, 0.3) is 0 Å². The first-order valence-electron chi connectivity index (χ1n) is 3.88. The van der Waals surface area contributed by atoms with Gasteiger partial charge in [0.2, 0.25) is 0 Å². The molecule has 14 heavy (non-hydrogen) atoms. The van der Waals surface area contributed by atoms with Crippen LogP contribution in [0.15, 0.2) is 30.5 Å². The molecule has 1 N–H and O–H groups in total. The van der Waals surface area contributed by atoms with Gasteiger partial charge in [-0.25, -0.2) is 4.79 Å². The van der Waals surface area contributed by atoms with Crippen molar-refractivity contribution < 1.29 is 9.90 Å². The van der Waals surface area contributed by atoms with E-state index in [0.717, 1.165) is 4.88 Å². The zero-order valence-electron chi connectivity index (χ0n) is 7.04. The lowest BCUT2D eigenvalue weighted by Crippen LogP contribution is -1.89. The molecule has 0 unspecified atom stereocenters. The van der Waals surface area contributed by atoms with Crippen LogP contribution in [0.25, 0.3) is 10.6 Å². The van der Waals surface area contributed by atoms with Crippen LogP contribution in [0.2, 0.25) is 0 Å². The number of carboxylic acid groups (broad SMARTS) is 1. The van der Waals surface area contributed by atoms with E-state index in [1.807, 2.05) is 0 Å². The summed E-state index contributed by atoms with van der Waals surface area (Å²) in [6, 6.07) is 6.86. The van der Waals surface area contributed by atoms with Gasteiger partial charge in [-0.15, -0.1) is 16.4 Å². The number of carboxylic acids is 1. The van der Waals surface area contributed by atoms with Crippen LogP contribution in [0.5, 0.6) is 0 Å². The van der Waals surface area contributed by atoms with Gasteiger partial charge in [-0.1, -0.05) is 0 Å². The standard InChI is InChI=1S/C9H6N2O2S/c12-9(13)8-4-3-7(14-8)6-2-1-5-10-11-6/h1-5H,(H,12,13). The average Bonchev–Trinajstić information content (AvgIpc) is 2.68. The molecule has 0 fully saturated rings. The van der Waals surface area contributed by atoms with Crippen molar-refractivity contribution >= 4 is 17.3 Å². The minimum absolute atomic E-state index is 0.311. The van der Waals surface area contributed by atoms with Gasteiger partial charge in [-0.05, 0) is 24.3 Å². The SMILES string of the molecule is O=C(O)c1ccc(-c2cccnn2)s1. The van der Waals surface area contributed by atoms with Crippen molar-refractivity contribution in [3.8, 4) is 10.6 Å². The molecule has 0 aliphatic rings. The van der Waals surface area contributed by atoms with Crippen LogP contribution < -0.4 is 0 Å². The Morgan fingerprint density at radius 1 is 1.36 bits per heavy atom. The summed E-state index contributed by atoms with van der Waals surface area (Å²) in [5, 5.41) is 16.3. The highest BCUT2D eigenvalue weighted by atomic mass is 32.1. The van der Waals surface area contributed by atoms with Gasteiger partial charge >= 0.3 is 5.97 Å². The molecule has 2 heterocycles. The highest BCUT2D eigenvalue weighted by Gasteiger charge is 2.08. The highest BCUT2D eigenvalue weighted by Crippen LogP contribution is 2.25. The fourth-order valence-corrected chi connectivity index (χ4v) is 1.83. The number of rotatable bonds is 2. The summed E-state index contributed by atoms with van der Waals surface area (Å²) < 4.78 is 0. The van der Waals surface area contributed by atoms with Gasteiger partial charge in [0.15, 0.2) is 0 Å². The van der Waals surface area contributed by atoms with E-state index in [4.69, 9.17) is 5.11 Å². The van der Waals surface area contributed by atoms with Gasteiger partial charge in [0.1, 0.15) is 10.6 Å².